The lowest BCUT2D eigenvalue weighted by Crippen LogP contribution is -2.10. The predicted molar refractivity (Wildman–Crippen MR) is 60.8 cm³/mol. The van der Waals surface area contributed by atoms with Crippen molar-refractivity contribution < 1.29 is 5.11 Å². The first kappa shape index (κ1) is 12.3. The topological polar surface area (TPSA) is 44.0 Å². The second-order valence-electron chi connectivity index (χ2n) is 3.23. The van der Waals surface area contributed by atoms with E-state index in [4.69, 9.17) is 28.5 Å². The molecule has 2 nitrogen and oxygen atoms in total. The lowest BCUT2D eigenvalue weighted by atomic mass is 9.95. The summed E-state index contributed by atoms with van der Waals surface area (Å²) in [6.07, 6.45) is -0.313. The van der Waals surface area contributed by atoms with E-state index in [0.29, 0.717) is 22.0 Å². The molecule has 0 saturated heterocycles. The van der Waals surface area contributed by atoms with Crippen molar-refractivity contribution in [3.63, 3.8) is 0 Å². The van der Waals surface area contributed by atoms with Crippen LogP contribution in [0.4, 0.5) is 0 Å². The Balaban J connectivity index is 3.06. The van der Waals surface area contributed by atoms with Crippen LogP contribution < -0.4 is 0 Å². The molecule has 80 valence electrons. The Morgan fingerprint density at radius 1 is 1.47 bits per heavy atom. The third-order valence-corrected chi connectivity index (χ3v) is 3.12. The summed E-state index contributed by atoms with van der Waals surface area (Å²) in [5.74, 6) is -0.457. The second-order valence-corrected chi connectivity index (χ2v) is 4.02. The molecule has 1 rings (SSSR count). The van der Waals surface area contributed by atoms with Crippen molar-refractivity contribution in [1.82, 2.24) is 0 Å². The summed E-state index contributed by atoms with van der Waals surface area (Å²) in [7, 11) is 0. The van der Waals surface area contributed by atoms with Gasteiger partial charge in [0.1, 0.15) is 0 Å². The van der Waals surface area contributed by atoms with Gasteiger partial charge < -0.3 is 5.11 Å². The van der Waals surface area contributed by atoms with Crippen LogP contribution in [0.2, 0.25) is 10.0 Å². The maximum Gasteiger partial charge on any atom is 0.0962 e. The van der Waals surface area contributed by atoms with Gasteiger partial charge in [-0.25, -0.2) is 0 Å². The number of aliphatic hydroxyl groups is 1. The molecule has 1 N–H and O–H groups in total. The van der Waals surface area contributed by atoms with E-state index in [9.17, 15) is 5.11 Å². The summed E-state index contributed by atoms with van der Waals surface area (Å²) in [6, 6.07) is 7.08. The van der Waals surface area contributed by atoms with Gasteiger partial charge in [-0.05, 0) is 12.5 Å². The molecule has 1 aromatic rings. The van der Waals surface area contributed by atoms with Crippen LogP contribution in [0.1, 0.15) is 25.0 Å². The molecular weight excluding hydrogens is 233 g/mol. The number of benzene rings is 1. The molecule has 4 heteroatoms. The number of rotatable bonds is 3. The highest BCUT2D eigenvalue weighted by Crippen LogP contribution is 2.33. The Hall–Kier alpha value is -0.750. The van der Waals surface area contributed by atoms with Gasteiger partial charge in [0.15, 0.2) is 0 Å². The summed E-state index contributed by atoms with van der Waals surface area (Å²) in [5.41, 5.74) is 0.512. The standard InChI is InChI=1S/C11H11Cl2NO/c1-2-7(6-14)11(15)8-4-3-5-9(12)10(8)13/h3-5,7,11,15H,2H2,1H3. The van der Waals surface area contributed by atoms with Gasteiger partial charge in [0.25, 0.3) is 0 Å². The van der Waals surface area contributed by atoms with Crippen LogP contribution in [0.25, 0.3) is 0 Å². The molecule has 2 atom stereocenters. The highest BCUT2D eigenvalue weighted by atomic mass is 35.5. The monoisotopic (exact) mass is 243 g/mol. The third-order valence-electron chi connectivity index (χ3n) is 2.29. The van der Waals surface area contributed by atoms with E-state index in [1.807, 2.05) is 13.0 Å². The van der Waals surface area contributed by atoms with Gasteiger partial charge in [-0.1, -0.05) is 42.3 Å². The van der Waals surface area contributed by atoms with E-state index >= 15 is 0 Å². The lowest BCUT2D eigenvalue weighted by molar-refractivity contribution is 0.133. The molecule has 2 unspecified atom stereocenters. The highest BCUT2D eigenvalue weighted by Gasteiger charge is 2.21. The fourth-order valence-corrected chi connectivity index (χ4v) is 1.77. The van der Waals surface area contributed by atoms with Gasteiger partial charge in [0.2, 0.25) is 0 Å². The Morgan fingerprint density at radius 2 is 2.13 bits per heavy atom. The van der Waals surface area contributed by atoms with Crippen molar-refractivity contribution in [3.8, 4) is 6.07 Å². The number of nitriles is 1. The second kappa shape index (κ2) is 5.37. The van der Waals surface area contributed by atoms with Gasteiger partial charge in [0.05, 0.1) is 28.1 Å². The zero-order chi connectivity index (χ0) is 11.4. The fourth-order valence-electron chi connectivity index (χ4n) is 1.35. The minimum Gasteiger partial charge on any atom is -0.387 e. The van der Waals surface area contributed by atoms with Crippen LogP contribution in [-0.2, 0) is 0 Å². The quantitative estimate of drug-likeness (QED) is 0.883. The Bertz CT molecular complexity index is 387. The summed E-state index contributed by atoms with van der Waals surface area (Å²) in [4.78, 5) is 0. The SMILES string of the molecule is CCC(C#N)C(O)c1cccc(Cl)c1Cl. The van der Waals surface area contributed by atoms with E-state index in [0.717, 1.165) is 0 Å². The number of nitrogens with zero attached hydrogens (tertiary/aromatic N) is 1. The summed E-state index contributed by atoms with van der Waals surface area (Å²) >= 11 is 11.8. The van der Waals surface area contributed by atoms with Crippen molar-refractivity contribution in [2.45, 2.75) is 19.4 Å². The van der Waals surface area contributed by atoms with Crippen LogP contribution in [0.3, 0.4) is 0 Å². The van der Waals surface area contributed by atoms with Gasteiger partial charge in [-0.15, -0.1) is 0 Å². The van der Waals surface area contributed by atoms with E-state index in [-0.39, 0.29) is 0 Å². The fraction of sp³-hybridized carbons (Fsp3) is 0.364. The van der Waals surface area contributed by atoms with E-state index < -0.39 is 12.0 Å². The molecule has 0 spiro atoms. The molecule has 0 radical (unpaired) electrons. The molecule has 0 bridgehead atoms. The average Bonchev–Trinajstić information content (AvgIpc) is 2.23. The van der Waals surface area contributed by atoms with Crippen molar-refractivity contribution in [3.05, 3.63) is 33.8 Å². The van der Waals surface area contributed by atoms with Crippen LogP contribution in [0.15, 0.2) is 18.2 Å². The molecule has 1 aromatic carbocycles. The summed E-state index contributed by atoms with van der Waals surface area (Å²) < 4.78 is 0. The maximum absolute atomic E-state index is 9.92. The first-order valence-corrected chi connectivity index (χ1v) is 5.39. The van der Waals surface area contributed by atoms with Crippen molar-refractivity contribution in [2.24, 2.45) is 5.92 Å². The first-order valence-electron chi connectivity index (χ1n) is 4.63. The molecular formula is C11H11Cl2NO. The summed E-state index contributed by atoms with van der Waals surface area (Å²) in [5, 5.41) is 19.5. The zero-order valence-corrected chi connectivity index (χ0v) is 9.76. The average molecular weight is 244 g/mol. The smallest absolute Gasteiger partial charge is 0.0962 e. The predicted octanol–water partition coefficient (Wildman–Crippen LogP) is 3.58. The Morgan fingerprint density at radius 3 is 2.67 bits per heavy atom. The van der Waals surface area contributed by atoms with Crippen molar-refractivity contribution in [2.75, 3.05) is 0 Å². The molecule has 0 aliphatic heterocycles. The Kier molecular flexibility index (Phi) is 4.41. The van der Waals surface area contributed by atoms with Crippen LogP contribution in [0.5, 0.6) is 0 Å². The molecule has 15 heavy (non-hydrogen) atoms. The largest absolute Gasteiger partial charge is 0.387 e. The minimum atomic E-state index is -0.883. The van der Waals surface area contributed by atoms with Crippen LogP contribution in [0, 0.1) is 17.2 Å². The molecule has 0 heterocycles. The number of halogens is 2. The van der Waals surface area contributed by atoms with Gasteiger partial charge in [0, 0.05) is 5.56 Å². The molecule has 0 aliphatic rings. The third kappa shape index (κ3) is 2.63. The van der Waals surface area contributed by atoms with Crippen LogP contribution in [-0.4, -0.2) is 5.11 Å². The molecule has 0 saturated carbocycles. The van der Waals surface area contributed by atoms with Crippen LogP contribution >= 0.6 is 23.2 Å². The lowest BCUT2D eigenvalue weighted by Gasteiger charge is -2.16. The Labute approximate surface area is 99.0 Å². The van der Waals surface area contributed by atoms with Gasteiger partial charge in [-0.2, -0.15) is 5.26 Å². The van der Waals surface area contributed by atoms with Crippen molar-refractivity contribution >= 4 is 23.2 Å². The normalized spacial score (nSPS) is 14.3. The van der Waals surface area contributed by atoms with E-state index in [1.54, 1.807) is 18.2 Å². The molecule has 0 amide bonds. The van der Waals surface area contributed by atoms with Gasteiger partial charge in [-0.3, -0.25) is 0 Å². The summed E-state index contributed by atoms with van der Waals surface area (Å²) in [6.45, 7) is 1.84. The van der Waals surface area contributed by atoms with Crippen molar-refractivity contribution in [1.29, 1.82) is 5.26 Å². The van der Waals surface area contributed by atoms with Gasteiger partial charge >= 0.3 is 0 Å². The number of hydrogen-bond donors (Lipinski definition) is 1. The van der Waals surface area contributed by atoms with E-state index in [1.165, 1.54) is 0 Å². The zero-order valence-electron chi connectivity index (χ0n) is 8.24. The maximum atomic E-state index is 9.92. The van der Waals surface area contributed by atoms with E-state index in [2.05, 4.69) is 0 Å². The minimum absolute atomic E-state index is 0.320. The number of hydrogen-bond acceptors (Lipinski definition) is 2. The molecule has 0 fully saturated rings. The molecule has 0 aromatic heterocycles. The molecule has 0 aliphatic carbocycles. The number of aliphatic hydroxyl groups excluding tert-OH is 1. The highest BCUT2D eigenvalue weighted by molar-refractivity contribution is 6.42. The first-order chi connectivity index (χ1) is 7.11.